The molecule has 3 fully saturated rings. The highest BCUT2D eigenvalue weighted by atomic mass is 19.1. The van der Waals surface area contributed by atoms with Crippen LogP contribution in [0, 0.1) is 12.7 Å². The molecule has 1 aromatic rings. The van der Waals surface area contributed by atoms with Crippen molar-refractivity contribution < 1.29 is 9.50 Å². The zero-order valence-corrected chi connectivity index (χ0v) is 10.6. The second-order valence-electron chi connectivity index (χ2n) is 5.36. The molecule has 2 bridgehead atoms. The number of rotatable bonds is 2. The molecule has 0 aromatic heterocycles. The summed E-state index contributed by atoms with van der Waals surface area (Å²) >= 11 is 0. The van der Waals surface area contributed by atoms with Crippen LogP contribution in [0.2, 0.25) is 0 Å². The number of aliphatic hydroxyl groups is 1. The first-order valence-electron chi connectivity index (χ1n) is 6.55. The predicted octanol–water partition coefficient (Wildman–Crippen LogP) is 1.17. The lowest BCUT2D eigenvalue weighted by Gasteiger charge is -2.49. The van der Waals surface area contributed by atoms with Crippen LogP contribution < -0.4 is 0 Å². The summed E-state index contributed by atoms with van der Waals surface area (Å²) in [5.74, 6) is -0.233. The Morgan fingerprint density at radius 2 is 2.00 bits per heavy atom. The van der Waals surface area contributed by atoms with Crippen LogP contribution in [0.25, 0.3) is 0 Å². The van der Waals surface area contributed by atoms with Crippen LogP contribution in [0.15, 0.2) is 18.2 Å². The molecule has 2 atom stereocenters. The Hall–Kier alpha value is -0.970. The van der Waals surface area contributed by atoms with E-state index < -0.39 is 6.10 Å². The van der Waals surface area contributed by atoms with E-state index in [-0.39, 0.29) is 11.9 Å². The van der Waals surface area contributed by atoms with E-state index in [1.165, 1.54) is 6.07 Å². The second-order valence-corrected chi connectivity index (χ2v) is 5.36. The molecule has 4 heteroatoms. The van der Waals surface area contributed by atoms with Gasteiger partial charge in [-0.25, -0.2) is 4.39 Å². The summed E-state index contributed by atoms with van der Waals surface area (Å²) in [6, 6.07) is 5.15. The summed E-state index contributed by atoms with van der Waals surface area (Å²) in [6.07, 6.45) is -0.594. The number of hydrogen-bond acceptors (Lipinski definition) is 3. The summed E-state index contributed by atoms with van der Waals surface area (Å²) in [5.41, 5.74) is 1.32. The fourth-order valence-electron chi connectivity index (χ4n) is 2.97. The van der Waals surface area contributed by atoms with Gasteiger partial charge in [0.1, 0.15) is 5.82 Å². The van der Waals surface area contributed by atoms with Crippen LogP contribution in [0.4, 0.5) is 4.39 Å². The SMILES string of the molecule is Cc1ccc(C(O)C2CN3CCN2CC3)cc1F. The van der Waals surface area contributed by atoms with Crippen molar-refractivity contribution >= 4 is 0 Å². The highest BCUT2D eigenvalue weighted by Crippen LogP contribution is 2.27. The molecule has 3 aliphatic rings. The Morgan fingerprint density at radius 1 is 1.28 bits per heavy atom. The molecule has 3 saturated heterocycles. The van der Waals surface area contributed by atoms with Gasteiger partial charge in [0.15, 0.2) is 0 Å². The highest BCUT2D eigenvalue weighted by molar-refractivity contribution is 5.26. The minimum Gasteiger partial charge on any atom is -0.387 e. The molecule has 3 nitrogen and oxygen atoms in total. The van der Waals surface area contributed by atoms with Gasteiger partial charge in [-0.2, -0.15) is 0 Å². The van der Waals surface area contributed by atoms with Crippen LogP contribution >= 0.6 is 0 Å². The number of halogens is 1. The first-order valence-corrected chi connectivity index (χ1v) is 6.55. The Balaban J connectivity index is 1.81. The molecule has 98 valence electrons. The van der Waals surface area contributed by atoms with Gasteiger partial charge in [-0.1, -0.05) is 12.1 Å². The third-order valence-electron chi connectivity index (χ3n) is 4.22. The molecule has 3 aliphatic heterocycles. The quantitative estimate of drug-likeness (QED) is 0.853. The number of aryl methyl sites for hydroxylation is 1. The second kappa shape index (κ2) is 4.61. The third kappa shape index (κ3) is 2.05. The third-order valence-corrected chi connectivity index (χ3v) is 4.22. The number of fused-ring (bicyclic) bond motifs is 3. The van der Waals surface area contributed by atoms with Crippen LogP contribution in [0.1, 0.15) is 17.2 Å². The van der Waals surface area contributed by atoms with Crippen LogP contribution in [-0.4, -0.2) is 53.7 Å². The fraction of sp³-hybridized carbons (Fsp3) is 0.571. The van der Waals surface area contributed by atoms with E-state index in [2.05, 4.69) is 9.80 Å². The van der Waals surface area contributed by atoms with Gasteiger partial charge in [0.25, 0.3) is 0 Å². The predicted molar refractivity (Wildman–Crippen MR) is 67.9 cm³/mol. The van der Waals surface area contributed by atoms with E-state index in [1.807, 2.05) is 6.07 Å². The van der Waals surface area contributed by atoms with Gasteiger partial charge < -0.3 is 5.11 Å². The van der Waals surface area contributed by atoms with Crippen molar-refractivity contribution in [3.8, 4) is 0 Å². The van der Waals surface area contributed by atoms with E-state index in [0.29, 0.717) is 11.1 Å². The summed E-state index contributed by atoms with van der Waals surface area (Å²) in [5, 5.41) is 10.4. The van der Waals surface area contributed by atoms with Crippen LogP contribution in [-0.2, 0) is 0 Å². The van der Waals surface area contributed by atoms with Crippen molar-refractivity contribution in [2.24, 2.45) is 0 Å². The Morgan fingerprint density at radius 3 is 2.56 bits per heavy atom. The van der Waals surface area contributed by atoms with E-state index >= 15 is 0 Å². The number of hydrogen-bond donors (Lipinski definition) is 1. The molecule has 0 spiro atoms. The van der Waals surface area contributed by atoms with E-state index in [4.69, 9.17) is 0 Å². The van der Waals surface area contributed by atoms with Crippen molar-refractivity contribution in [2.45, 2.75) is 19.1 Å². The van der Waals surface area contributed by atoms with Gasteiger partial charge in [-0.05, 0) is 24.1 Å². The Kier molecular flexibility index (Phi) is 3.09. The molecule has 2 unspecified atom stereocenters. The van der Waals surface area contributed by atoms with Crippen LogP contribution in [0.5, 0.6) is 0 Å². The molecule has 4 rings (SSSR count). The maximum atomic E-state index is 13.6. The molecule has 0 aliphatic carbocycles. The summed E-state index contributed by atoms with van der Waals surface area (Å²) < 4.78 is 13.6. The Labute approximate surface area is 107 Å². The average molecular weight is 250 g/mol. The topological polar surface area (TPSA) is 26.7 Å². The Bertz CT molecular complexity index is 443. The molecule has 0 radical (unpaired) electrons. The summed E-state index contributed by atoms with van der Waals surface area (Å²) in [6.45, 7) is 6.82. The highest BCUT2D eigenvalue weighted by Gasteiger charge is 2.36. The fourth-order valence-corrected chi connectivity index (χ4v) is 2.97. The minimum absolute atomic E-state index is 0.106. The maximum absolute atomic E-state index is 13.6. The average Bonchev–Trinajstić information content (AvgIpc) is 2.42. The van der Waals surface area contributed by atoms with Crippen LogP contribution in [0.3, 0.4) is 0 Å². The van der Waals surface area contributed by atoms with Crippen molar-refractivity contribution in [1.82, 2.24) is 9.80 Å². The number of aliphatic hydroxyl groups excluding tert-OH is 1. The van der Waals surface area contributed by atoms with Gasteiger partial charge in [-0.3, -0.25) is 9.80 Å². The van der Waals surface area contributed by atoms with Gasteiger partial charge in [0, 0.05) is 32.7 Å². The van der Waals surface area contributed by atoms with Gasteiger partial charge in [-0.15, -0.1) is 0 Å². The molecule has 1 aromatic carbocycles. The molecule has 3 heterocycles. The first kappa shape index (κ1) is 12.1. The zero-order valence-electron chi connectivity index (χ0n) is 10.6. The van der Waals surface area contributed by atoms with Crippen molar-refractivity contribution in [1.29, 1.82) is 0 Å². The number of piperazine rings is 3. The summed E-state index contributed by atoms with van der Waals surface area (Å²) in [4.78, 5) is 4.70. The molecule has 0 amide bonds. The lowest BCUT2D eigenvalue weighted by atomic mass is 9.96. The standard InChI is InChI=1S/C14H19FN2O/c1-10-2-3-11(8-12(10)15)14(18)13-9-16-4-6-17(13)7-5-16/h2-3,8,13-14,18H,4-7,9H2,1H3. The molecule has 0 saturated carbocycles. The molecule has 18 heavy (non-hydrogen) atoms. The maximum Gasteiger partial charge on any atom is 0.126 e. The minimum atomic E-state index is -0.594. The van der Waals surface area contributed by atoms with Crippen molar-refractivity contribution in [3.63, 3.8) is 0 Å². The normalized spacial score (nSPS) is 32.5. The van der Waals surface area contributed by atoms with Crippen molar-refractivity contribution in [3.05, 3.63) is 35.1 Å². The monoisotopic (exact) mass is 250 g/mol. The molecule has 1 N–H and O–H groups in total. The lowest BCUT2D eigenvalue weighted by Crippen LogP contribution is -2.62. The van der Waals surface area contributed by atoms with E-state index in [0.717, 1.165) is 32.7 Å². The number of benzene rings is 1. The molecular weight excluding hydrogens is 231 g/mol. The zero-order chi connectivity index (χ0) is 12.7. The number of nitrogens with zero attached hydrogens (tertiary/aromatic N) is 2. The lowest BCUT2D eigenvalue weighted by molar-refractivity contribution is -0.0471. The van der Waals surface area contributed by atoms with Gasteiger partial charge in [0.2, 0.25) is 0 Å². The summed E-state index contributed by atoms with van der Waals surface area (Å²) in [7, 11) is 0. The van der Waals surface area contributed by atoms with E-state index in [1.54, 1.807) is 13.0 Å². The van der Waals surface area contributed by atoms with Gasteiger partial charge in [0.05, 0.1) is 12.1 Å². The van der Waals surface area contributed by atoms with Gasteiger partial charge >= 0.3 is 0 Å². The smallest absolute Gasteiger partial charge is 0.126 e. The largest absolute Gasteiger partial charge is 0.387 e. The molecular formula is C14H19FN2O. The van der Waals surface area contributed by atoms with Crippen molar-refractivity contribution in [2.75, 3.05) is 32.7 Å². The first-order chi connectivity index (χ1) is 8.65. The van der Waals surface area contributed by atoms with E-state index in [9.17, 15) is 9.50 Å².